The predicted octanol–water partition coefficient (Wildman–Crippen LogP) is 4.16. The molecule has 1 aliphatic carbocycles. The second kappa shape index (κ2) is 9.60. The van der Waals surface area contributed by atoms with Gasteiger partial charge in [0.1, 0.15) is 0 Å². The summed E-state index contributed by atoms with van der Waals surface area (Å²) in [5, 5.41) is 6.19. The maximum atomic E-state index is 12.7. The highest BCUT2D eigenvalue weighted by Gasteiger charge is 2.29. The second-order valence-corrected chi connectivity index (χ2v) is 7.63. The summed E-state index contributed by atoms with van der Waals surface area (Å²) < 4.78 is 0. The molecule has 26 heavy (non-hydrogen) atoms. The molecule has 1 aromatic rings. The number of rotatable bonds is 3. The lowest BCUT2D eigenvalue weighted by Crippen LogP contribution is -2.50. The van der Waals surface area contributed by atoms with E-state index in [0.717, 1.165) is 37.9 Å². The molecular weight excluding hydrogens is 326 g/mol. The van der Waals surface area contributed by atoms with Gasteiger partial charge in [-0.3, -0.25) is 4.79 Å². The quantitative estimate of drug-likeness (QED) is 0.853. The first kappa shape index (κ1) is 18.7. The van der Waals surface area contributed by atoms with Crippen molar-refractivity contribution in [2.45, 2.75) is 63.8 Å². The van der Waals surface area contributed by atoms with Crippen LogP contribution in [0.3, 0.4) is 0 Å². The first-order valence-corrected chi connectivity index (χ1v) is 10.1. The van der Waals surface area contributed by atoms with E-state index in [-0.39, 0.29) is 17.9 Å². The van der Waals surface area contributed by atoms with Crippen LogP contribution in [0.2, 0.25) is 0 Å². The van der Waals surface area contributed by atoms with Crippen LogP contribution < -0.4 is 10.6 Å². The number of nitrogens with one attached hydrogen (secondary N) is 2. The van der Waals surface area contributed by atoms with Crippen LogP contribution in [0.15, 0.2) is 30.3 Å². The van der Waals surface area contributed by atoms with Gasteiger partial charge < -0.3 is 15.5 Å². The van der Waals surface area contributed by atoms with Crippen molar-refractivity contribution in [2.75, 3.05) is 18.4 Å². The molecule has 142 valence electrons. The lowest BCUT2D eigenvalue weighted by Gasteiger charge is -2.33. The van der Waals surface area contributed by atoms with Crippen LogP contribution in [0.5, 0.6) is 0 Å². The van der Waals surface area contributed by atoms with Gasteiger partial charge in [0.15, 0.2) is 0 Å². The summed E-state index contributed by atoms with van der Waals surface area (Å²) in [6.45, 7) is 1.25. The number of anilines is 1. The minimum atomic E-state index is -0.132. The Morgan fingerprint density at radius 1 is 0.885 bits per heavy atom. The Bertz CT molecular complexity index is 582. The summed E-state index contributed by atoms with van der Waals surface area (Å²) in [6, 6.07) is 9.82. The van der Waals surface area contributed by atoms with E-state index in [0.29, 0.717) is 12.6 Å². The van der Waals surface area contributed by atoms with Crippen LogP contribution >= 0.6 is 0 Å². The Morgan fingerprint density at radius 3 is 2.31 bits per heavy atom. The summed E-state index contributed by atoms with van der Waals surface area (Å²) in [6.07, 6.45) is 10.2. The van der Waals surface area contributed by atoms with Gasteiger partial charge in [0.2, 0.25) is 5.91 Å². The van der Waals surface area contributed by atoms with Crippen molar-refractivity contribution < 1.29 is 9.59 Å². The van der Waals surface area contributed by atoms with E-state index >= 15 is 0 Å². The molecule has 2 fully saturated rings. The highest BCUT2D eigenvalue weighted by atomic mass is 16.2. The summed E-state index contributed by atoms with van der Waals surface area (Å²) in [4.78, 5) is 27.0. The Labute approximate surface area is 156 Å². The molecule has 5 heteroatoms. The van der Waals surface area contributed by atoms with Gasteiger partial charge in [-0.2, -0.15) is 0 Å². The molecule has 3 rings (SSSR count). The predicted molar refractivity (Wildman–Crippen MR) is 104 cm³/mol. The lowest BCUT2D eigenvalue weighted by atomic mass is 9.96. The Balaban J connectivity index is 1.50. The molecule has 1 saturated heterocycles. The number of amides is 3. The smallest absolute Gasteiger partial charge is 0.317 e. The number of hydrogen-bond acceptors (Lipinski definition) is 2. The van der Waals surface area contributed by atoms with Gasteiger partial charge in [-0.25, -0.2) is 4.79 Å². The molecule has 0 radical (unpaired) electrons. The number of benzene rings is 1. The van der Waals surface area contributed by atoms with Crippen molar-refractivity contribution in [3.05, 3.63) is 30.3 Å². The maximum Gasteiger partial charge on any atom is 0.317 e. The third-order valence-electron chi connectivity index (χ3n) is 5.55. The molecule has 5 nitrogen and oxygen atoms in total. The topological polar surface area (TPSA) is 61.4 Å². The zero-order valence-electron chi connectivity index (χ0n) is 15.6. The molecule has 3 amide bonds. The first-order valence-electron chi connectivity index (χ1n) is 10.1. The number of piperidine rings is 1. The van der Waals surface area contributed by atoms with E-state index in [1.807, 2.05) is 35.2 Å². The fourth-order valence-electron chi connectivity index (χ4n) is 4.01. The standard InChI is InChI=1S/C21H31N3O2/c25-20(22-18-11-7-4-8-12-18)17-10-9-15-24(16-17)21(26)23-19-13-5-2-1-3-6-14-19/h4,7-8,11-12,17,19H,1-3,5-6,9-10,13-16H2,(H,22,25)(H,23,26). The fraction of sp³-hybridized carbons (Fsp3) is 0.619. The summed E-state index contributed by atoms with van der Waals surface area (Å²) in [7, 11) is 0. The normalized spacial score (nSPS) is 22.2. The van der Waals surface area contributed by atoms with E-state index in [1.54, 1.807) is 0 Å². The second-order valence-electron chi connectivity index (χ2n) is 7.63. The number of nitrogens with zero attached hydrogens (tertiary/aromatic N) is 1. The highest BCUT2D eigenvalue weighted by Crippen LogP contribution is 2.21. The number of urea groups is 1. The monoisotopic (exact) mass is 357 g/mol. The largest absolute Gasteiger partial charge is 0.335 e. The number of para-hydroxylation sites is 1. The Morgan fingerprint density at radius 2 is 1.58 bits per heavy atom. The molecule has 1 aromatic carbocycles. The van der Waals surface area contributed by atoms with E-state index in [9.17, 15) is 9.59 Å². The molecule has 1 atom stereocenters. The van der Waals surface area contributed by atoms with Crippen molar-refractivity contribution in [2.24, 2.45) is 5.92 Å². The van der Waals surface area contributed by atoms with Gasteiger partial charge in [-0.15, -0.1) is 0 Å². The number of carbonyl (C=O) groups excluding carboxylic acids is 2. The molecule has 2 N–H and O–H groups in total. The van der Waals surface area contributed by atoms with Crippen molar-refractivity contribution in [3.8, 4) is 0 Å². The average molecular weight is 357 g/mol. The van der Waals surface area contributed by atoms with Gasteiger partial charge in [-0.1, -0.05) is 50.3 Å². The molecule has 0 aromatic heterocycles. The number of hydrogen-bond donors (Lipinski definition) is 2. The van der Waals surface area contributed by atoms with Crippen LogP contribution in [0.1, 0.15) is 57.8 Å². The molecule has 0 spiro atoms. The molecule has 1 unspecified atom stereocenters. The number of carbonyl (C=O) groups is 2. The van der Waals surface area contributed by atoms with E-state index < -0.39 is 0 Å². The van der Waals surface area contributed by atoms with Crippen LogP contribution in [-0.4, -0.2) is 36.0 Å². The third kappa shape index (κ3) is 5.48. The van der Waals surface area contributed by atoms with Gasteiger partial charge in [0, 0.05) is 24.8 Å². The van der Waals surface area contributed by atoms with Crippen molar-refractivity contribution in [1.29, 1.82) is 0 Å². The molecule has 1 saturated carbocycles. The zero-order chi connectivity index (χ0) is 18.2. The molecule has 0 bridgehead atoms. The lowest BCUT2D eigenvalue weighted by molar-refractivity contribution is -0.121. The van der Waals surface area contributed by atoms with Crippen molar-refractivity contribution in [1.82, 2.24) is 10.2 Å². The molecular formula is C21H31N3O2. The molecule has 2 aliphatic rings. The Hall–Kier alpha value is -2.04. The summed E-state index contributed by atoms with van der Waals surface area (Å²) in [5.74, 6) is -0.119. The van der Waals surface area contributed by atoms with Crippen LogP contribution in [-0.2, 0) is 4.79 Å². The van der Waals surface area contributed by atoms with Crippen molar-refractivity contribution >= 4 is 17.6 Å². The van der Waals surface area contributed by atoms with Crippen LogP contribution in [0.4, 0.5) is 10.5 Å². The third-order valence-corrected chi connectivity index (χ3v) is 5.55. The van der Waals surface area contributed by atoms with Gasteiger partial charge in [-0.05, 0) is 37.8 Å². The van der Waals surface area contributed by atoms with E-state index in [4.69, 9.17) is 0 Å². The molecule has 1 heterocycles. The first-order chi connectivity index (χ1) is 12.7. The molecule has 1 aliphatic heterocycles. The summed E-state index contributed by atoms with van der Waals surface area (Å²) >= 11 is 0. The van der Waals surface area contributed by atoms with E-state index in [1.165, 1.54) is 32.1 Å². The Kier molecular flexibility index (Phi) is 6.92. The van der Waals surface area contributed by atoms with E-state index in [2.05, 4.69) is 10.6 Å². The van der Waals surface area contributed by atoms with Gasteiger partial charge in [0.25, 0.3) is 0 Å². The SMILES string of the molecule is O=C(Nc1ccccc1)C1CCCN(C(=O)NC2CCCCCCC2)C1. The van der Waals surface area contributed by atoms with Gasteiger partial charge in [0.05, 0.1) is 5.92 Å². The van der Waals surface area contributed by atoms with Crippen LogP contribution in [0.25, 0.3) is 0 Å². The van der Waals surface area contributed by atoms with Crippen molar-refractivity contribution in [3.63, 3.8) is 0 Å². The zero-order valence-corrected chi connectivity index (χ0v) is 15.6. The summed E-state index contributed by atoms with van der Waals surface area (Å²) in [5.41, 5.74) is 0.814. The number of likely N-dealkylation sites (tertiary alicyclic amines) is 1. The minimum Gasteiger partial charge on any atom is -0.335 e. The highest BCUT2D eigenvalue weighted by molar-refractivity contribution is 5.93. The van der Waals surface area contributed by atoms with Gasteiger partial charge >= 0.3 is 6.03 Å². The minimum absolute atomic E-state index is 0.00721. The maximum absolute atomic E-state index is 12.7. The average Bonchev–Trinajstić information content (AvgIpc) is 2.64. The fourth-order valence-corrected chi connectivity index (χ4v) is 4.01. The van der Waals surface area contributed by atoms with Crippen LogP contribution in [0, 0.1) is 5.92 Å².